The van der Waals surface area contributed by atoms with E-state index in [1.54, 1.807) is 6.20 Å². The Kier molecular flexibility index (Phi) is 2.25. The van der Waals surface area contributed by atoms with Gasteiger partial charge in [0, 0.05) is 18.6 Å². The van der Waals surface area contributed by atoms with Crippen LogP contribution >= 0.6 is 0 Å². The van der Waals surface area contributed by atoms with Crippen molar-refractivity contribution in [3.05, 3.63) is 18.2 Å². The second kappa shape index (κ2) is 3.61. The molecule has 2 aliphatic rings. The zero-order valence-electron chi connectivity index (χ0n) is 8.76. The molecule has 0 bridgehead atoms. The first-order valence-corrected chi connectivity index (χ1v) is 5.78. The van der Waals surface area contributed by atoms with E-state index in [1.165, 1.54) is 25.7 Å². The van der Waals surface area contributed by atoms with E-state index >= 15 is 0 Å². The summed E-state index contributed by atoms with van der Waals surface area (Å²) in [5.41, 5.74) is 0.964. The van der Waals surface area contributed by atoms with E-state index in [9.17, 15) is 5.11 Å². The van der Waals surface area contributed by atoms with Crippen LogP contribution in [0, 0.1) is 0 Å². The fourth-order valence-electron chi connectivity index (χ4n) is 1.90. The lowest BCUT2D eigenvalue weighted by atomic mass is 10.2. The van der Waals surface area contributed by atoms with Crippen LogP contribution in [-0.4, -0.2) is 27.2 Å². The van der Waals surface area contributed by atoms with E-state index in [-0.39, 0.29) is 0 Å². The summed E-state index contributed by atoms with van der Waals surface area (Å²) in [6.45, 7) is 0.656. The molecule has 0 aromatic carbocycles. The highest BCUT2D eigenvalue weighted by Crippen LogP contribution is 2.36. The van der Waals surface area contributed by atoms with Crippen LogP contribution in [0.25, 0.3) is 0 Å². The largest absolute Gasteiger partial charge is 0.385 e. The summed E-state index contributed by atoms with van der Waals surface area (Å²) in [5, 5.41) is 13.4. The van der Waals surface area contributed by atoms with Crippen molar-refractivity contribution >= 4 is 0 Å². The second-order valence-electron chi connectivity index (χ2n) is 4.66. The molecule has 4 nitrogen and oxygen atoms in total. The summed E-state index contributed by atoms with van der Waals surface area (Å²) in [7, 11) is 0. The topological polar surface area (TPSA) is 50.1 Å². The summed E-state index contributed by atoms with van der Waals surface area (Å²) in [6, 6.07) is 1.25. The Bertz CT molecular complexity index is 341. The number of aliphatic hydroxyl groups excluding tert-OH is 1. The maximum Gasteiger partial charge on any atom is 0.108 e. The number of nitrogens with one attached hydrogen (secondary N) is 1. The normalized spacial score (nSPS) is 23.0. The Morgan fingerprint density at radius 1 is 1.47 bits per heavy atom. The predicted molar refractivity (Wildman–Crippen MR) is 56.5 cm³/mol. The minimum atomic E-state index is -0.409. The number of imidazole rings is 1. The molecule has 2 fully saturated rings. The minimum absolute atomic E-state index is 0.409. The molecule has 2 saturated carbocycles. The summed E-state index contributed by atoms with van der Waals surface area (Å²) in [4.78, 5) is 4.12. The van der Waals surface area contributed by atoms with E-state index in [2.05, 4.69) is 14.9 Å². The third-order valence-electron chi connectivity index (χ3n) is 3.15. The smallest absolute Gasteiger partial charge is 0.108 e. The van der Waals surface area contributed by atoms with Crippen molar-refractivity contribution in [1.82, 2.24) is 14.9 Å². The van der Waals surface area contributed by atoms with E-state index in [4.69, 9.17) is 0 Å². The molecule has 82 valence electrons. The van der Waals surface area contributed by atoms with E-state index < -0.39 is 6.10 Å². The molecule has 0 amide bonds. The number of aliphatic hydroxyl groups is 1. The van der Waals surface area contributed by atoms with Crippen LogP contribution in [0.5, 0.6) is 0 Å². The summed E-state index contributed by atoms with van der Waals surface area (Å²) >= 11 is 0. The molecule has 1 atom stereocenters. The first kappa shape index (κ1) is 9.36. The molecule has 1 aromatic rings. The summed E-state index contributed by atoms with van der Waals surface area (Å²) in [5.74, 6) is 0. The Morgan fingerprint density at radius 3 is 2.93 bits per heavy atom. The van der Waals surface area contributed by atoms with Crippen molar-refractivity contribution in [2.45, 2.75) is 43.9 Å². The van der Waals surface area contributed by atoms with Crippen molar-refractivity contribution in [2.75, 3.05) is 6.54 Å². The Balaban J connectivity index is 1.64. The zero-order chi connectivity index (χ0) is 10.3. The molecular formula is C11H17N3O. The maximum atomic E-state index is 10.0. The number of hydrogen-bond acceptors (Lipinski definition) is 3. The fourth-order valence-corrected chi connectivity index (χ4v) is 1.90. The van der Waals surface area contributed by atoms with Crippen LogP contribution in [0.2, 0.25) is 0 Å². The molecule has 1 aromatic heterocycles. The molecule has 3 rings (SSSR count). The quantitative estimate of drug-likeness (QED) is 0.757. The van der Waals surface area contributed by atoms with Gasteiger partial charge >= 0.3 is 0 Å². The van der Waals surface area contributed by atoms with E-state index in [0.29, 0.717) is 18.6 Å². The first-order chi connectivity index (χ1) is 7.34. The van der Waals surface area contributed by atoms with Crippen LogP contribution in [0.15, 0.2) is 12.5 Å². The Labute approximate surface area is 89.3 Å². The van der Waals surface area contributed by atoms with Gasteiger partial charge < -0.3 is 15.0 Å². The third kappa shape index (κ3) is 2.06. The highest BCUT2D eigenvalue weighted by molar-refractivity contribution is 5.07. The van der Waals surface area contributed by atoms with Gasteiger partial charge in [-0.25, -0.2) is 4.98 Å². The van der Waals surface area contributed by atoms with Crippen molar-refractivity contribution < 1.29 is 5.11 Å². The molecular weight excluding hydrogens is 190 g/mol. The third-order valence-corrected chi connectivity index (χ3v) is 3.15. The molecule has 0 saturated heterocycles. The van der Waals surface area contributed by atoms with Gasteiger partial charge in [-0.2, -0.15) is 0 Å². The molecule has 4 heteroatoms. The van der Waals surface area contributed by atoms with Crippen LogP contribution in [0.4, 0.5) is 0 Å². The van der Waals surface area contributed by atoms with E-state index in [1.807, 2.05) is 6.33 Å². The van der Waals surface area contributed by atoms with Crippen LogP contribution in [-0.2, 0) is 0 Å². The summed E-state index contributed by atoms with van der Waals surface area (Å²) in [6.07, 6.45) is 8.19. The van der Waals surface area contributed by atoms with Gasteiger partial charge in [0.1, 0.15) is 6.10 Å². The average Bonchev–Trinajstić information content (AvgIpc) is 3.15. The molecule has 15 heavy (non-hydrogen) atoms. The first-order valence-electron chi connectivity index (χ1n) is 5.78. The van der Waals surface area contributed by atoms with Crippen molar-refractivity contribution in [1.29, 1.82) is 0 Å². The average molecular weight is 207 g/mol. The maximum absolute atomic E-state index is 10.0. The molecule has 2 N–H and O–H groups in total. The predicted octanol–water partition coefficient (Wildman–Crippen LogP) is 1.00. The van der Waals surface area contributed by atoms with Gasteiger partial charge in [0.2, 0.25) is 0 Å². The Morgan fingerprint density at radius 2 is 2.27 bits per heavy atom. The van der Waals surface area contributed by atoms with E-state index in [0.717, 1.165) is 5.69 Å². The minimum Gasteiger partial charge on any atom is -0.385 e. The van der Waals surface area contributed by atoms with Gasteiger partial charge in [-0.1, -0.05) is 0 Å². The van der Waals surface area contributed by atoms with Gasteiger partial charge in [-0.15, -0.1) is 0 Å². The van der Waals surface area contributed by atoms with Crippen molar-refractivity contribution in [3.8, 4) is 0 Å². The Hall–Kier alpha value is -0.870. The van der Waals surface area contributed by atoms with Gasteiger partial charge in [-0.3, -0.25) is 0 Å². The molecule has 0 radical (unpaired) electrons. The zero-order valence-corrected chi connectivity index (χ0v) is 8.76. The number of hydrogen-bond donors (Lipinski definition) is 2. The van der Waals surface area contributed by atoms with Crippen LogP contribution in [0.3, 0.4) is 0 Å². The van der Waals surface area contributed by atoms with Crippen molar-refractivity contribution in [3.63, 3.8) is 0 Å². The number of nitrogens with zero attached hydrogens (tertiary/aromatic N) is 2. The fraction of sp³-hybridized carbons (Fsp3) is 0.727. The standard InChI is InChI=1S/C11H17N3O/c15-11(6-13-8-1-2-8)10-5-12-7-14(10)9-3-4-9/h5,7-9,11,13,15H,1-4,6H2. The highest BCUT2D eigenvalue weighted by atomic mass is 16.3. The van der Waals surface area contributed by atoms with Gasteiger partial charge in [0.25, 0.3) is 0 Å². The van der Waals surface area contributed by atoms with Crippen LogP contribution < -0.4 is 5.32 Å². The molecule has 1 heterocycles. The summed E-state index contributed by atoms with van der Waals surface area (Å²) < 4.78 is 2.12. The highest BCUT2D eigenvalue weighted by Gasteiger charge is 2.28. The molecule has 1 unspecified atom stereocenters. The molecule has 0 spiro atoms. The van der Waals surface area contributed by atoms with Gasteiger partial charge in [-0.05, 0) is 25.7 Å². The lowest BCUT2D eigenvalue weighted by Crippen LogP contribution is -2.24. The SMILES string of the molecule is OC(CNC1CC1)c1cncn1C1CC1. The van der Waals surface area contributed by atoms with Gasteiger partial charge in [0.15, 0.2) is 0 Å². The second-order valence-corrected chi connectivity index (χ2v) is 4.66. The molecule has 0 aliphatic heterocycles. The van der Waals surface area contributed by atoms with Crippen molar-refractivity contribution in [2.24, 2.45) is 0 Å². The lowest BCUT2D eigenvalue weighted by Gasteiger charge is -2.13. The lowest BCUT2D eigenvalue weighted by molar-refractivity contribution is 0.164. The monoisotopic (exact) mass is 207 g/mol. The van der Waals surface area contributed by atoms with Gasteiger partial charge in [0.05, 0.1) is 18.2 Å². The molecule has 2 aliphatic carbocycles. The number of aromatic nitrogens is 2. The number of rotatable bonds is 5. The van der Waals surface area contributed by atoms with Crippen LogP contribution in [0.1, 0.15) is 43.5 Å².